The topological polar surface area (TPSA) is 58.6 Å². The molecule has 132 valence electrons. The van der Waals surface area contributed by atoms with Crippen LogP contribution < -0.4 is 10.1 Å². The van der Waals surface area contributed by atoms with Crippen LogP contribution in [-0.2, 0) is 16.0 Å². The number of ether oxygens (including phenoxy) is 1. The standard InChI is InChI=1S/C20H24N2O3/c1-4-16-10-6-7-11-17(16)21-19(23)13-22(3)20(24)14-25-18-12-8-5-9-15(18)2/h5-12H,4,13-14H2,1-3H3,(H,21,23). The summed E-state index contributed by atoms with van der Waals surface area (Å²) in [4.78, 5) is 25.7. The third-order valence-electron chi connectivity index (χ3n) is 3.92. The van der Waals surface area contributed by atoms with Crippen LogP contribution in [0.4, 0.5) is 5.69 Å². The summed E-state index contributed by atoms with van der Waals surface area (Å²) in [6.45, 7) is 3.83. The Bertz CT molecular complexity index is 743. The number of nitrogens with zero attached hydrogens (tertiary/aromatic N) is 1. The van der Waals surface area contributed by atoms with E-state index < -0.39 is 0 Å². The summed E-state index contributed by atoms with van der Waals surface area (Å²) in [6, 6.07) is 15.1. The molecule has 0 saturated carbocycles. The fourth-order valence-electron chi connectivity index (χ4n) is 2.41. The summed E-state index contributed by atoms with van der Waals surface area (Å²) in [5.41, 5.74) is 2.81. The maximum atomic E-state index is 12.2. The van der Waals surface area contributed by atoms with Gasteiger partial charge in [0, 0.05) is 12.7 Å². The molecule has 1 N–H and O–H groups in total. The Morgan fingerprint density at radius 1 is 1.08 bits per heavy atom. The summed E-state index contributed by atoms with van der Waals surface area (Å²) in [7, 11) is 1.59. The molecule has 0 aromatic heterocycles. The monoisotopic (exact) mass is 340 g/mol. The maximum Gasteiger partial charge on any atom is 0.260 e. The largest absolute Gasteiger partial charge is 0.484 e. The number of hydrogen-bond donors (Lipinski definition) is 1. The molecule has 2 aromatic carbocycles. The van der Waals surface area contributed by atoms with Gasteiger partial charge in [-0.15, -0.1) is 0 Å². The van der Waals surface area contributed by atoms with Crippen molar-refractivity contribution in [1.82, 2.24) is 4.90 Å². The average Bonchev–Trinajstić information content (AvgIpc) is 2.61. The van der Waals surface area contributed by atoms with Gasteiger partial charge in [-0.2, -0.15) is 0 Å². The third kappa shape index (κ3) is 5.35. The molecule has 0 aliphatic rings. The Balaban J connectivity index is 1.86. The lowest BCUT2D eigenvalue weighted by Crippen LogP contribution is -2.37. The van der Waals surface area contributed by atoms with E-state index in [0.717, 1.165) is 23.2 Å². The Hall–Kier alpha value is -2.82. The van der Waals surface area contributed by atoms with E-state index in [1.54, 1.807) is 7.05 Å². The van der Waals surface area contributed by atoms with Crippen molar-refractivity contribution in [3.8, 4) is 5.75 Å². The minimum atomic E-state index is -0.248. The fraction of sp³-hybridized carbons (Fsp3) is 0.300. The Morgan fingerprint density at radius 2 is 1.76 bits per heavy atom. The molecule has 0 fully saturated rings. The van der Waals surface area contributed by atoms with Gasteiger partial charge in [0.1, 0.15) is 5.75 Å². The van der Waals surface area contributed by atoms with Crippen molar-refractivity contribution in [1.29, 1.82) is 0 Å². The second-order valence-corrected chi connectivity index (χ2v) is 5.86. The first-order valence-electron chi connectivity index (χ1n) is 8.31. The zero-order valence-electron chi connectivity index (χ0n) is 14.9. The quantitative estimate of drug-likeness (QED) is 0.843. The summed E-state index contributed by atoms with van der Waals surface area (Å²) in [5, 5.41) is 2.86. The Labute approximate surface area is 148 Å². The zero-order valence-corrected chi connectivity index (χ0v) is 14.9. The number of carbonyl (C=O) groups is 2. The van der Waals surface area contributed by atoms with Gasteiger partial charge in [0.05, 0.1) is 6.54 Å². The van der Waals surface area contributed by atoms with Crippen LogP contribution in [0.25, 0.3) is 0 Å². The molecule has 2 amide bonds. The zero-order chi connectivity index (χ0) is 18.2. The van der Waals surface area contributed by atoms with E-state index in [0.29, 0.717) is 5.75 Å². The van der Waals surface area contributed by atoms with Gasteiger partial charge in [-0.05, 0) is 36.6 Å². The molecule has 0 heterocycles. The first-order valence-corrected chi connectivity index (χ1v) is 8.31. The summed E-state index contributed by atoms with van der Waals surface area (Å²) in [5.74, 6) is 0.195. The number of nitrogens with one attached hydrogen (secondary N) is 1. The van der Waals surface area contributed by atoms with Crippen molar-refractivity contribution in [2.75, 3.05) is 25.5 Å². The number of para-hydroxylation sites is 2. The van der Waals surface area contributed by atoms with Crippen LogP contribution in [0.15, 0.2) is 48.5 Å². The number of benzene rings is 2. The van der Waals surface area contributed by atoms with Crippen molar-refractivity contribution in [2.45, 2.75) is 20.3 Å². The molecular formula is C20H24N2O3. The van der Waals surface area contributed by atoms with Gasteiger partial charge < -0.3 is 15.0 Å². The van der Waals surface area contributed by atoms with Crippen LogP contribution >= 0.6 is 0 Å². The van der Waals surface area contributed by atoms with E-state index in [2.05, 4.69) is 5.32 Å². The molecule has 2 rings (SSSR count). The van der Waals surface area contributed by atoms with Crippen molar-refractivity contribution >= 4 is 17.5 Å². The van der Waals surface area contributed by atoms with Crippen molar-refractivity contribution in [3.05, 3.63) is 59.7 Å². The highest BCUT2D eigenvalue weighted by atomic mass is 16.5. The van der Waals surface area contributed by atoms with Crippen LogP contribution in [0.3, 0.4) is 0 Å². The molecule has 0 unspecified atom stereocenters. The van der Waals surface area contributed by atoms with E-state index in [1.165, 1.54) is 4.90 Å². The SMILES string of the molecule is CCc1ccccc1NC(=O)CN(C)C(=O)COc1ccccc1C. The van der Waals surface area contributed by atoms with E-state index in [9.17, 15) is 9.59 Å². The highest BCUT2D eigenvalue weighted by Crippen LogP contribution is 2.16. The van der Waals surface area contributed by atoms with E-state index in [1.807, 2.05) is 62.4 Å². The van der Waals surface area contributed by atoms with Crippen LogP contribution in [0.2, 0.25) is 0 Å². The summed E-state index contributed by atoms with van der Waals surface area (Å²) < 4.78 is 5.53. The Morgan fingerprint density at radius 3 is 2.48 bits per heavy atom. The minimum Gasteiger partial charge on any atom is -0.484 e. The molecule has 0 aliphatic carbocycles. The number of anilines is 1. The van der Waals surface area contributed by atoms with Gasteiger partial charge in [0.2, 0.25) is 5.91 Å². The lowest BCUT2D eigenvalue weighted by Gasteiger charge is -2.18. The number of hydrogen-bond acceptors (Lipinski definition) is 3. The highest BCUT2D eigenvalue weighted by Gasteiger charge is 2.15. The second-order valence-electron chi connectivity index (χ2n) is 5.86. The molecule has 0 saturated heterocycles. The van der Waals surface area contributed by atoms with Gasteiger partial charge >= 0.3 is 0 Å². The molecular weight excluding hydrogens is 316 g/mol. The van der Waals surface area contributed by atoms with E-state index in [4.69, 9.17) is 4.74 Å². The third-order valence-corrected chi connectivity index (χ3v) is 3.92. The molecule has 0 aliphatic heterocycles. The highest BCUT2D eigenvalue weighted by molar-refractivity contribution is 5.95. The Kier molecular flexibility index (Phi) is 6.57. The van der Waals surface area contributed by atoms with E-state index >= 15 is 0 Å². The predicted octanol–water partition coefficient (Wildman–Crippen LogP) is 3.03. The maximum absolute atomic E-state index is 12.2. The molecule has 5 heteroatoms. The van der Waals surface area contributed by atoms with Crippen molar-refractivity contribution in [3.63, 3.8) is 0 Å². The van der Waals surface area contributed by atoms with Gasteiger partial charge in [-0.3, -0.25) is 9.59 Å². The molecule has 25 heavy (non-hydrogen) atoms. The first-order chi connectivity index (χ1) is 12.0. The van der Waals surface area contributed by atoms with Crippen molar-refractivity contribution in [2.24, 2.45) is 0 Å². The first kappa shape index (κ1) is 18.5. The average molecular weight is 340 g/mol. The normalized spacial score (nSPS) is 10.2. The van der Waals surface area contributed by atoms with Crippen LogP contribution in [0.1, 0.15) is 18.1 Å². The smallest absolute Gasteiger partial charge is 0.260 e. The second kappa shape index (κ2) is 8.87. The minimum absolute atomic E-state index is 0.0198. The van der Waals surface area contributed by atoms with E-state index in [-0.39, 0.29) is 25.0 Å². The van der Waals surface area contributed by atoms with Crippen LogP contribution in [0.5, 0.6) is 5.75 Å². The number of likely N-dealkylation sites (N-methyl/N-ethyl adjacent to an activating group) is 1. The van der Waals surface area contributed by atoms with Crippen LogP contribution in [0, 0.1) is 6.92 Å². The van der Waals surface area contributed by atoms with Gasteiger partial charge in [-0.25, -0.2) is 0 Å². The number of carbonyl (C=O) groups excluding carboxylic acids is 2. The molecule has 0 spiro atoms. The predicted molar refractivity (Wildman–Crippen MR) is 98.8 cm³/mol. The number of rotatable bonds is 7. The number of aryl methyl sites for hydroxylation is 2. The lowest BCUT2D eigenvalue weighted by molar-refractivity contribution is -0.135. The number of amides is 2. The van der Waals surface area contributed by atoms with Gasteiger partial charge in [0.25, 0.3) is 5.91 Å². The summed E-state index contributed by atoms with van der Waals surface area (Å²) in [6.07, 6.45) is 0.829. The molecule has 5 nitrogen and oxygen atoms in total. The molecule has 0 bridgehead atoms. The lowest BCUT2D eigenvalue weighted by atomic mass is 10.1. The van der Waals surface area contributed by atoms with Crippen molar-refractivity contribution < 1.29 is 14.3 Å². The molecule has 0 atom stereocenters. The van der Waals surface area contributed by atoms with Crippen LogP contribution in [-0.4, -0.2) is 36.9 Å². The molecule has 0 radical (unpaired) electrons. The molecule has 2 aromatic rings. The van der Waals surface area contributed by atoms with Gasteiger partial charge in [-0.1, -0.05) is 43.3 Å². The van der Waals surface area contributed by atoms with Gasteiger partial charge in [0.15, 0.2) is 6.61 Å². The summed E-state index contributed by atoms with van der Waals surface area (Å²) >= 11 is 0. The fourth-order valence-corrected chi connectivity index (χ4v) is 2.41.